The molecule has 3 N–H and O–H groups in total. The summed E-state index contributed by atoms with van der Waals surface area (Å²) in [5, 5.41) is 4.43. The number of carbonyl (C=O) groups is 1. The topological polar surface area (TPSA) is 58.4 Å². The minimum atomic E-state index is -0.281. The Morgan fingerprint density at radius 3 is 2.71 bits per heavy atom. The maximum Gasteiger partial charge on any atom is 0.269 e. The van der Waals surface area contributed by atoms with Crippen LogP contribution >= 0.6 is 11.6 Å². The summed E-state index contributed by atoms with van der Waals surface area (Å²) in [7, 11) is 3.22. The third kappa shape index (κ3) is 2.16. The van der Waals surface area contributed by atoms with Crippen molar-refractivity contribution in [2.45, 2.75) is 0 Å². The van der Waals surface area contributed by atoms with Crippen LogP contribution in [-0.2, 0) is 0 Å². The van der Waals surface area contributed by atoms with Gasteiger partial charge in [0.2, 0.25) is 0 Å². The van der Waals surface area contributed by atoms with Crippen LogP contribution in [0.5, 0.6) is 0 Å². The predicted molar refractivity (Wildman–Crippen MR) is 57.3 cm³/mol. The Hall–Kier alpha value is -1.26. The average molecular weight is 214 g/mol. The van der Waals surface area contributed by atoms with Crippen LogP contribution in [0.4, 0.5) is 5.69 Å². The van der Waals surface area contributed by atoms with E-state index in [0.29, 0.717) is 16.3 Å². The number of halogens is 1. The highest BCUT2D eigenvalue weighted by molar-refractivity contribution is 6.31. The van der Waals surface area contributed by atoms with Gasteiger partial charge >= 0.3 is 0 Å². The van der Waals surface area contributed by atoms with Crippen molar-refractivity contribution in [2.75, 3.05) is 19.4 Å². The van der Waals surface area contributed by atoms with Gasteiger partial charge in [-0.1, -0.05) is 11.6 Å². The van der Waals surface area contributed by atoms with E-state index in [1.54, 1.807) is 25.2 Å². The number of nitrogens with one attached hydrogen (secondary N) is 1. The summed E-state index contributed by atoms with van der Waals surface area (Å²) in [4.78, 5) is 11.6. The summed E-state index contributed by atoms with van der Waals surface area (Å²) in [6.07, 6.45) is 0. The quantitative estimate of drug-likeness (QED) is 0.443. The van der Waals surface area contributed by atoms with Crippen LogP contribution in [0.15, 0.2) is 18.2 Å². The van der Waals surface area contributed by atoms with Gasteiger partial charge in [-0.3, -0.25) is 9.80 Å². The van der Waals surface area contributed by atoms with E-state index in [4.69, 9.17) is 17.4 Å². The lowest BCUT2D eigenvalue weighted by atomic mass is 10.1. The van der Waals surface area contributed by atoms with Crippen LogP contribution in [0.1, 0.15) is 10.4 Å². The lowest BCUT2D eigenvalue weighted by molar-refractivity contribution is 0.0796. The van der Waals surface area contributed by atoms with Crippen LogP contribution in [0, 0.1) is 0 Å². The fourth-order valence-electron chi connectivity index (χ4n) is 1.10. The first-order chi connectivity index (χ1) is 6.56. The first-order valence-corrected chi connectivity index (χ1v) is 4.44. The van der Waals surface area contributed by atoms with Gasteiger partial charge in [0, 0.05) is 24.8 Å². The number of hydrogen-bond donors (Lipinski definition) is 2. The number of anilines is 1. The summed E-state index contributed by atoms with van der Waals surface area (Å²) in [6, 6.07) is 5.03. The Kier molecular flexibility index (Phi) is 3.33. The van der Waals surface area contributed by atoms with Crippen LogP contribution < -0.4 is 11.2 Å². The largest absolute Gasteiger partial charge is 0.387 e. The van der Waals surface area contributed by atoms with E-state index in [2.05, 4.69) is 5.32 Å². The van der Waals surface area contributed by atoms with Gasteiger partial charge in [0.15, 0.2) is 0 Å². The smallest absolute Gasteiger partial charge is 0.269 e. The van der Waals surface area contributed by atoms with Crippen LogP contribution in [0.2, 0.25) is 5.02 Å². The molecule has 0 aliphatic rings. The molecule has 1 aromatic rings. The minimum absolute atomic E-state index is 0.281. The van der Waals surface area contributed by atoms with E-state index in [0.717, 1.165) is 5.01 Å². The Morgan fingerprint density at radius 2 is 2.21 bits per heavy atom. The number of hydrogen-bond acceptors (Lipinski definition) is 3. The van der Waals surface area contributed by atoms with Crippen molar-refractivity contribution in [1.82, 2.24) is 5.01 Å². The van der Waals surface area contributed by atoms with E-state index in [9.17, 15) is 4.79 Å². The van der Waals surface area contributed by atoms with Crippen molar-refractivity contribution in [3.05, 3.63) is 28.8 Å². The second-order valence-electron chi connectivity index (χ2n) is 2.86. The van der Waals surface area contributed by atoms with Gasteiger partial charge in [-0.25, -0.2) is 5.84 Å². The highest BCUT2D eigenvalue weighted by Crippen LogP contribution is 2.20. The molecule has 1 aromatic carbocycles. The summed E-state index contributed by atoms with van der Waals surface area (Å²) in [5.41, 5.74) is 1.17. The molecule has 0 saturated heterocycles. The number of carbonyl (C=O) groups excluding carboxylic acids is 1. The van der Waals surface area contributed by atoms with E-state index >= 15 is 0 Å². The van der Waals surface area contributed by atoms with Crippen LogP contribution in [0.25, 0.3) is 0 Å². The third-order valence-corrected chi connectivity index (χ3v) is 2.04. The monoisotopic (exact) mass is 213 g/mol. The van der Waals surface area contributed by atoms with Crippen LogP contribution in [0.3, 0.4) is 0 Å². The lowest BCUT2D eigenvalue weighted by Gasteiger charge is -2.13. The van der Waals surface area contributed by atoms with E-state index in [-0.39, 0.29) is 5.91 Å². The highest BCUT2D eigenvalue weighted by Gasteiger charge is 2.13. The molecule has 0 unspecified atom stereocenters. The molecule has 5 heteroatoms. The Bertz CT molecular complexity index is 352. The van der Waals surface area contributed by atoms with E-state index < -0.39 is 0 Å². The molecule has 76 valence electrons. The molecule has 0 aliphatic carbocycles. The molecule has 0 radical (unpaired) electrons. The molecule has 1 rings (SSSR count). The molecule has 0 aliphatic heterocycles. The average Bonchev–Trinajstić information content (AvgIpc) is 2.16. The molecule has 14 heavy (non-hydrogen) atoms. The van der Waals surface area contributed by atoms with Gasteiger partial charge in [0.25, 0.3) is 5.91 Å². The van der Waals surface area contributed by atoms with Crippen molar-refractivity contribution in [3.63, 3.8) is 0 Å². The fraction of sp³-hybridized carbons (Fsp3) is 0.222. The van der Waals surface area contributed by atoms with Gasteiger partial charge in [-0.05, 0) is 18.2 Å². The Morgan fingerprint density at radius 1 is 1.57 bits per heavy atom. The zero-order valence-electron chi connectivity index (χ0n) is 8.04. The van der Waals surface area contributed by atoms with E-state index in [1.807, 2.05) is 0 Å². The summed E-state index contributed by atoms with van der Waals surface area (Å²) >= 11 is 5.78. The fourth-order valence-corrected chi connectivity index (χ4v) is 1.27. The predicted octanol–water partition coefficient (Wildman–Crippen LogP) is 1.33. The first kappa shape index (κ1) is 10.8. The normalized spacial score (nSPS) is 9.71. The van der Waals surface area contributed by atoms with Gasteiger partial charge in [0.05, 0.1) is 5.56 Å². The minimum Gasteiger partial charge on any atom is -0.387 e. The lowest BCUT2D eigenvalue weighted by Crippen LogP contribution is -2.33. The molecule has 0 fully saturated rings. The van der Waals surface area contributed by atoms with Crippen molar-refractivity contribution in [2.24, 2.45) is 5.84 Å². The summed E-state index contributed by atoms with van der Waals surface area (Å²) in [6.45, 7) is 0. The number of benzene rings is 1. The molecule has 0 atom stereocenters. The highest BCUT2D eigenvalue weighted by atomic mass is 35.5. The number of nitrogens with zero attached hydrogens (tertiary/aromatic N) is 1. The molecular formula is C9H12ClN3O. The number of amides is 1. The molecule has 0 bridgehead atoms. The van der Waals surface area contributed by atoms with Crippen LogP contribution in [-0.4, -0.2) is 25.0 Å². The molecular weight excluding hydrogens is 202 g/mol. The molecule has 4 nitrogen and oxygen atoms in total. The third-order valence-electron chi connectivity index (χ3n) is 1.80. The molecule has 0 saturated carbocycles. The van der Waals surface area contributed by atoms with Gasteiger partial charge in [0.1, 0.15) is 0 Å². The Labute approximate surface area is 87.6 Å². The second-order valence-corrected chi connectivity index (χ2v) is 3.29. The maximum absolute atomic E-state index is 11.6. The number of nitrogens with two attached hydrogens (primary N) is 1. The van der Waals surface area contributed by atoms with Crippen molar-refractivity contribution < 1.29 is 4.79 Å². The van der Waals surface area contributed by atoms with E-state index in [1.165, 1.54) is 7.05 Å². The Balaban J connectivity index is 3.17. The van der Waals surface area contributed by atoms with Gasteiger partial charge < -0.3 is 5.32 Å². The van der Waals surface area contributed by atoms with Crippen molar-refractivity contribution >= 4 is 23.2 Å². The summed E-state index contributed by atoms with van der Waals surface area (Å²) < 4.78 is 0. The second kappa shape index (κ2) is 4.30. The SMILES string of the molecule is CNc1ccc(Cl)cc1C(=O)N(C)N. The van der Waals surface area contributed by atoms with Gasteiger partial charge in [-0.2, -0.15) is 0 Å². The zero-order chi connectivity index (χ0) is 10.7. The maximum atomic E-state index is 11.6. The molecule has 0 heterocycles. The molecule has 0 spiro atoms. The van der Waals surface area contributed by atoms with Crippen molar-refractivity contribution in [1.29, 1.82) is 0 Å². The zero-order valence-corrected chi connectivity index (χ0v) is 8.80. The first-order valence-electron chi connectivity index (χ1n) is 4.06. The molecule has 1 amide bonds. The molecule has 0 aromatic heterocycles. The number of hydrazine groups is 1. The number of rotatable bonds is 2. The summed E-state index contributed by atoms with van der Waals surface area (Å²) in [5.74, 6) is 5.07. The standard InChI is InChI=1S/C9H12ClN3O/c1-12-8-4-3-6(10)5-7(8)9(14)13(2)11/h3-5,12H,11H2,1-2H3. The van der Waals surface area contributed by atoms with Crippen molar-refractivity contribution in [3.8, 4) is 0 Å². The van der Waals surface area contributed by atoms with Gasteiger partial charge in [-0.15, -0.1) is 0 Å².